The molecule has 1 amide bonds. The predicted octanol–water partition coefficient (Wildman–Crippen LogP) is 2.66. The maximum absolute atomic E-state index is 12.5. The summed E-state index contributed by atoms with van der Waals surface area (Å²) in [4.78, 5) is 16.6. The minimum absolute atomic E-state index is 0.212. The van der Waals surface area contributed by atoms with Crippen molar-refractivity contribution >= 4 is 11.6 Å². The fourth-order valence-corrected chi connectivity index (χ4v) is 2.65. The van der Waals surface area contributed by atoms with Crippen molar-refractivity contribution in [3.05, 3.63) is 60.0 Å². The lowest BCUT2D eigenvalue weighted by Crippen LogP contribution is -2.12. The summed E-state index contributed by atoms with van der Waals surface area (Å²) in [6.07, 6.45) is 5.77. The molecule has 6 heteroatoms. The van der Waals surface area contributed by atoms with E-state index in [1.807, 2.05) is 30.3 Å². The maximum Gasteiger partial charge on any atom is 0.259 e. The molecule has 1 aliphatic rings. The van der Waals surface area contributed by atoms with Crippen LogP contribution in [0.4, 0.5) is 5.69 Å². The largest absolute Gasteiger partial charge is 0.493 e. The molecule has 23 heavy (non-hydrogen) atoms. The third-order valence-corrected chi connectivity index (χ3v) is 3.78. The van der Waals surface area contributed by atoms with Crippen molar-refractivity contribution in [3.8, 4) is 17.0 Å². The number of hydrogen-bond acceptors (Lipinski definition) is 4. The number of amides is 1. The number of nitrogens with one attached hydrogen (secondary N) is 2. The lowest BCUT2D eigenvalue weighted by atomic mass is 10.1. The monoisotopic (exact) mass is 306 g/mol. The van der Waals surface area contributed by atoms with Gasteiger partial charge in [-0.05, 0) is 35.9 Å². The molecule has 0 saturated carbocycles. The van der Waals surface area contributed by atoms with Crippen LogP contribution in [0.1, 0.15) is 15.9 Å². The molecule has 1 aromatic carbocycles. The molecule has 0 radical (unpaired) electrons. The van der Waals surface area contributed by atoms with E-state index >= 15 is 0 Å². The molecule has 3 heterocycles. The van der Waals surface area contributed by atoms with Crippen LogP contribution in [-0.2, 0) is 6.42 Å². The fraction of sp³-hybridized carbons (Fsp3) is 0.118. The molecule has 0 aliphatic carbocycles. The molecule has 2 N–H and O–H groups in total. The van der Waals surface area contributed by atoms with Gasteiger partial charge in [0.25, 0.3) is 5.91 Å². The van der Waals surface area contributed by atoms with Gasteiger partial charge in [-0.3, -0.25) is 14.9 Å². The van der Waals surface area contributed by atoms with E-state index in [4.69, 9.17) is 4.74 Å². The van der Waals surface area contributed by atoms with Crippen LogP contribution in [0, 0.1) is 0 Å². The van der Waals surface area contributed by atoms with Crippen LogP contribution in [0.3, 0.4) is 0 Å². The van der Waals surface area contributed by atoms with Gasteiger partial charge in [-0.15, -0.1) is 0 Å². The first kappa shape index (κ1) is 13.5. The molecule has 0 bridgehead atoms. The van der Waals surface area contributed by atoms with Gasteiger partial charge in [0.1, 0.15) is 5.75 Å². The number of fused-ring (bicyclic) bond motifs is 1. The number of aromatic nitrogens is 3. The SMILES string of the molecule is O=C(Nc1ccc2c(c1)CCO2)c1cn[nH]c1-c1cccnc1. The molecule has 3 aromatic rings. The first-order valence-electron chi connectivity index (χ1n) is 7.32. The molecule has 6 nitrogen and oxygen atoms in total. The molecular weight excluding hydrogens is 292 g/mol. The summed E-state index contributed by atoms with van der Waals surface area (Å²) in [5.74, 6) is 0.679. The summed E-state index contributed by atoms with van der Waals surface area (Å²) in [5.41, 5.74) is 3.81. The highest BCUT2D eigenvalue weighted by Crippen LogP contribution is 2.28. The van der Waals surface area contributed by atoms with Crippen molar-refractivity contribution in [2.75, 3.05) is 11.9 Å². The van der Waals surface area contributed by atoms with Gasteiger partial charge in [-0.1, -0.05) is 0 Å². The lowest BCUT2D eigenvalue weighted by molar-refractivity contribution is 0.102. The van der Waals surface area contributed by atoms with E-state index in [1.165, 1.54) is 6.20 Å². The zero-order chi connectivity index (χ0) is 15.6. The van der Waals surface area contributed by atoms with Crippen LogP contribution in [0.25, 0.3) is 11.3 Å². The highest BCUT2D eigenvalue weighted by molar-refractivity contribution is 6.08. The predicted molar refractivity (Wildman–Crippen MR) is 85.4 cm³/mol. The van der Waals surface area contributed by atoms with E-state index in [-0.39, 0.29) is 5.91 Å². The van der Waals surface area contributed by atoms with Crippen LogP contribution in [0.15, 0.2) is 48.9 Å². The second-order valence-electron chi connectivity index (χ2n) is 5.28. The number of nitrogens with zero attached hydrogens (tertiary/aromatic N) is 2. The van der Waals surface area contributed by atoms with E-state index in [0.717, 1.165) is 29.0 Å². The van der Waals surface area contributed by atoms with Crippen LogP contribution >= 0.6 is 0 Å². The Hall–Kier alpha value is -3.15. The number of pyridine rings is 1. The summed E-state index contributed by atoms with van der Waals surface area (Å²) >= 11 is 0. The van der Waals surface area contributed by atoms with Crippen LogP contribution < -0.4 is 10.1 Å². The molecule has 0 saturated heterocycles. The Balaban J connectivity index is 1.60. The second kappa shape index (κ2) is 5.57. The van der Waals surface area contributed by atoms with Crippen molar-refractivity contribution in [3.63, 3.8) is 0 Å². The van der Waals surface area contributed by atoms with Crippen molar-refractivity contribution in [1.82, 2.24) is 15.2 Å². The molecule has 0 unspecified atom stereocenters. The minimum atomic E-state index is -0.212. The molecule has 4 rings (SSSR count). The number of anilines is 1. The summed E-state index contributed by atoms with van der Waals surface area (Å²) in [5, 5.41) is 9.75. The van der Waals surface area contributed by atoms with Gasteiger partial charge in [0.05, 0.1) is 24.1 Å². The van der Waals surface area contributed by atoms with Crippen molar-refractivity contribution in [2.45, 2.75) is 6.42 Å². The average molecular weight is 306 g/mol. The highest BCUT2D eigenvalue weighted by atomic mass is 16.5. The van der Waals surface area contributed by atoms with Gasteiger partial charge in [0.2, 0.25) is 0 Å². The number of aromatic amines is 1. The smallest absolute Gasteiger partial charge is 0.259 e. The standard InChI is InChI=1S/C17H14N4O2/c22-17(20-13-3-4-15-11(8-13)5-7-23-15)14-10-19-21-16(14)12-2-1-6-18-9-12/h1-4,6,8-10H,5,7H2,(H,19,21)(H,20,22). The third kappa shape index (κ3) is 2.55. The van der Waals surface area contributed by atoms with E-state index in [9.17, 15) is 4.79 Å². The third-order valence-electron chi connectivity index (χ3n) is 3.78. The first-order valence-corrected chi connectivity index (χ1v) is 7.32. The molecule has 0 fully saturated rings. The Morgan fingerprint density at radius 2 is 2.22 bits per heavy atom. The quantitative estimate of drug-likeness (QED) is 0.779. The van der Waals surface area contributed by atoms with E-state index in [0.29, 0.717) is 17.9 Å². The summed E-state index contributed by atoms with van der Waals surface area (Å²) in [6, 6.07) is 9.37. The van der Waals surface area contributed by atoms with Crippen molar-refractivity contribution < 1.29 is 9.53 Å². The van der Waals surface area contributed by atoms with E-state index in [2.05, 4.69) is 20.5 Å². The maximum atomic E-state index is 12.5. The number of rotatable bonds is 3. The van der Waals surface area contributed by atoms with E-state index < -0.39 is 0 Å². The van der Waals surface area contributed by atoms with Crippen LogP contribution in [-0.4, -0.2) is 27.7 Å². The lowest BCUT2D eigenvalue weighted by Gasteiger charge is -2.07. The van der Waals surface area contributed by atoms with Gasteiger partial charge in [-0.2, -0.15) is 5.10 Å². The second-order valence-corrected chi connectivity index (χ2v) is 5.28. The summed E-state index contributed by atoms with van der Waals surface area (Å²) in [6.45, 7) is 0.694. The fourth-order valence-electron chi connectivity index (χ4n) is 2.65. The van der Waals surface area contributed by atoms with Gasteiger partial charge in [0, 0.05) is 30.1 Å². The number of hydrogen-bond donors (Lipinski definition) is 2. The van der Waals surface area contributed by atoms with Gasteiger partial charge in [0.15, 0.2) is 0 Å². The summed E-state index contributed by atoms with van der Waals surface area (Å²) in [7, 11) is 0. The number of benzene rings is 1. The Morgan fingerprint density at radius 1 is 1.26 bits per heavy atom. The van der Waals surface area contributed by atoms with Gasteiger partial charge >= 0.3 is 0 Å². The molecule has 0 spiro atoms. The summed E-state index contributed by atoms with van der Waals surface area (Å²) < 4.78 is 5.47. The normalized spacial score (nSPS) is 12.5. The van der Waals surface area contributed by atoms with Crippen molar-refractivity contribution in [1.29, 1.82) is 0 Å². The molecule has 114 valence electrons. The number of ether oxygens (including phenoxy) is 1. The topological polar surface area (TPSA) is 79.9 Å². The zero-order valence-corrected chi connectivity index (χ0v) is 12.2. The number of H-pyrrole nitrogens is 1. The Bertz CT molecular complexity index is 858. The minimum Gasteiger partial charge on any atom is -0.493 e. The van der Waals surface area contributed by atoms with Crippen LogP contribution in [0.5, 0.6) is 5.75 Å². The average Bonchev–Trinajstić information content (AvgIpc) is 3.24. The van der Waals surface area contributed by atoms with E-state index in [1.54, 1.807) is 12.4 Å². The Morgan fingerprint density at radius 3 is 3.09 bits per heavy atom. The van der Waals surface area contributed by atoms with Gasteiger partial charge < -0.3 is 10.1 Å². The molecule has 0 atom stereocenters. The molecule has 1 aliphatic heterocycles. The Kier molecular flexibility index (Phi) is 3.27. The first-order chi connectivity index (χ1) is 11.3. The zero-order valence-electron chi connectivity index (χ0n) is 12.2. The van der Waals surface area contributed by atoms with Gasteiger partial charge in [-0.25, -0.2) is 0 Å². The number of carbonyl (C=O) groups is 1. The molecule has 2 aromatic heterocycles. The van der Waals surface area contributed by atoms with Crippen molar-refractivity contribution in [2.24, 2.45) is 0 Å². The van der Waals surface area contributed by atoms with Crippen LogP contribution in [0.2, 0.25) is 0 Å². The highest BCUT2D eigenvalue weighted by Gasteiger charge is 2.17. The Labute approximate surface area is 132 Å². The number of carbonyl (C=O) groups excluding carboxylic acids is 1. The molecular formula is C17H14N4O2.